The van der Waals surface area contributed by atoms with E-state index in [0.717, 1.165) is 13.0 Å². The highest BCUT2D eigenvalue weighted by atomic mass is 32.2. The number of nitrogens with zero attached hydrogens (tertiary/aromatic N) is 1. The van der Waals surface area contributed by atoms with E-state index in [1.54, 1.807) is 30.3 Å². The summed E-state index contributed by atoms with van der Waals surface area (Å²) in [4.78, 5) is 4.81. The molecule has 0 aromatic heterocycles. The number of ether oxygens (including phenoxy) is 1. The molecule has 0 aliphatic carbocycles. The Balaban J connectivity index is 2.46. The molecule has 1 aromatic rings. The Morgan fingerprint density at radius 1 is 1.11 bits per heavy atom. The summed E-state index contributed by atoms with van der Waals surface area (Å²) < 4.78 is 32.7. The summed E-state index contributed by atoms with van der Waals surface area (Å²) in [5.41, 5.74) is 0. The lowest BCUT2D eigenvalue weighted by molar-refractivity contribution is 0.0266. The molecule has 0 aliphatic rings. The summed E-state index contributed by atoms with van der Waals surface area (Å²) in [6, 6.07) is 8.34. The number of nitrogens with one attached hydrogen (secondary N) is 3. The lowest BCUT2D eigenvalue weighted by atomic mass is 10.0. The van der Waals surface area contributed by atoms with Gasteiger partial charge in [0.1, 0.15) is 0 Å². The van der Waals surface area contributed by atoms with Gasteiger partial charge in [-0.1, -0.05) is 32.0 Å². The highest BCUT2D eigenvalue weighted by Crippen LogP contribution is 2.10. The summed E-state index contributed by atoms with van der Waals surface area (Å²) in [5.74, 6) is 1.12. The summed E-state index contributed by atoms with van der Waals surface area (Å²) in [7, 11) is -3.48. The van der Waals surface area contributed by atoms with E-state index in [9.17, 15) is 8.42 Å². The van der Waals surface area contributed by atoms with Gasteiger partial charge in [-0.25, -0.2) is 13.1 Å². The first kappa shape index (κ1) is 23.4. The predicted octanol–water partition coefficient (Wildman–Crippen LogP) is 1.97. The zero-order valence-electron chi connectivity index (χ0n) is 16.9. The molecule has 0 saturated carbocycles. The molecule has 1 unspecified atom stereocenters. The van der Waals surface area contributed by atoms with E-state index in [4.69, 9.17) is 4.74 Å². The van der Waals surface area contributed by atoms with Gasteiger partial charge in [-0.05, 0) is 38.3 Å². The van der Waals surface area contributed by atoms with Gasteiger partial charge in [0.2, 0.25) is 10.0 Å². The summed E-state index contributed by atoms with van der Waals surface area (Å²) in [6.45, 7) is 11.1. The molecule has 7 nitrogen and oxygen atoms in total. The molecular weight excluding hydrogens is 364 g/mol. The van der Waals surface area contributed by atoms with Gasteiger partial charge >= 0.3 is 0 Å². The van der Waals surface area contributed by atoms with E-state index in [1.807, 2.05) is 13.8 Å². The van der Waals surface area contributed by atoms with Crippen molar-refractivity contribution in [2.24, 2.45) is 10.9 Å². The van der Waals surface area contributed by atoms with Crippen LogP contribution in [0.15, 0.2) is 40.2 Å². The van der Waals surface area contributed by atoms with Crippen LogP contribution < -0.4 is 15.4 Å². The quantitative estimate of drug-likeness (QED) is 0.284. The van der Waals surface area contributed by atoms with Gasteiger partial charge in [0.15, 0.2) is 5.96 Å². The second-order valence-electron chi connectivity index (χ2n) is 6.42. The van der Waals surface area contributed by atoms with Crippen molar-refractivity contribution in [3.05, 3.63) is 30.3 Å². The molecule has 1 atom stereocenters. The van der Waals surface area contributed by atoms with Crippen LogP contribution in [0, 0.1) is 5.92 Å². The maximum absolute atomic E-state index is 12.2. The molecule has 8 heteroatoms. The van der Waals surface area contributed by atoms with Gasteiger partial charge in [0, 0.05) is 32.8 Å². The highest BCUT2D eigenvalue weighted by molar-refractivity contribution is 7.89. The predicted molar refractivity (Wildman–Crippen MR) is 110 cm³/mol. The second kappa shape index (κ2) is 12.7. The first-order valence-corrected chi connectivity index (χ1v) is 11.1. The molecule has 0 bridgehead atoms. The Hall–Kier alpha value is -1.64. The third kappa shape index (κ3) is 9.21. The molecule has 0 spiro atoms. The van der Waals surface area contributed by atoms with E-state index < -0.39 is 10.0 Å². The minimum Gasteiger partial charge on any atom is -0.378 e. The van der Waals surface area contributed by atoms with Crippen LogP contribution >= 0.6 is 0 Å². The first-order valence-electron chi connectivity index (χ1n) is 9.59. The SMILES string of the molecule is CCNC(=NCCC(OCC)C(C)C)NCCNS(=O)(=O)c1ccccc1. The molecule has 27 heavy (non-hydrogen) atoms. The fraction of sp³-hybridized carbons (Fsp3) is 0.632. The monoisotopic (exact) mass is 398 g/mol. The number of hydrogen-bond acceptors (Lipinski definition) is 4. The number of aliphatic imine (C=N–C) groups is 1. The third-order valence-electron chi connectivity index (χ3n) is 3.92. The zero-order valence-corrected chi connectivity index (χ0v) is 17.7. The van der Waals surface area contributed by atoms with Crippen LogP contribution in [-0.4, -0.2) is 53.3 Å². The van der Waals surface area contributed by atoms with Crippen molar-refractivity contribution in [3.8, 4) is 0 Å². The maximum Gasteiger partial charge on any atom is 0.240 e. The van der Waals surface area contributed by atoms with Crippen molar-refractivity contribution < 1.29 is 13.2 Å². The molecule has 0 heterocycles. The topological polar surface area (TPSA) is 91.8 Å². The highest BCUT2D eigenvalue weighted by Gasteiger charge is 2.13. The van der Waals surface area contributed by atoms with Crippen molar-refractivity contribution in [2.75, 3.05) is 32.8 Å². The fourth-order valence-electron chi connectivity index (χ4n) is 2.52. The van der Waals surface area contributed by atoms with Crippen molar-refractivity contribution >= 4 is 16.0 Å². The molecular formula is C19H34N4O3S. The minimum atomic E-state index is -3.48. The molecule has 3 N–H and O–H groups in total. The maximum atomic E-state index is 12.2. The summed E-state index contributed by atoms with van der Waals surface area (Å²) in [5, 5.41) is 6.32. The molecule has 0 fully saturated rings. The lowest BCUT2D eigenvalue weighted by Crippen LogP contribution is -2.41. The van der Waals surface area contributed by atoms with Crippen molar-refractivity contribution in [2.45, 2.75) is 45.1 Å². The van der Waals surface area contributed by atoms with Crippen LogP contribution in [0.25, 0.3) is 0 Å². The van der Waals surface area contributed by atoms with Gasteiger partial charge in [0.25, 0.3) is 0 Å². The Morgan fingerprint density at radius 2 is 1.81 bits per heavy atom. The van der Waals surface area contributed by atoms with Gasteiger partial charge < -0.3 is 15.4 Å². The molecule has 1 rings (SSSR count). The Bertz CT molecular complexity index is 648. The smallest absolute Gasteiger partial charge is 0.240 e. The fourth-order valence-corrected chi connectivity index (χ4v) is 3.57. The summed E-state index contributed by atoms with van der Waals surface area (Å²) in [6.07, 6.45) is 1.04. The van der Waals surface area contributed by atoms with Crippen LogP contribution in [0.4, 0.5) is 0 Å². The second-order valence-corrected chi connectivity index (χ2v) is 8.19. The Labute approximate surface area is 164 Å². The van der Waals surface area contributed by atoms with Crippen LogP contribution in [0.2, 0.25) is 0 Å². The van der Waals surface area contributed by atoms with Crippen LogP contribution in [0.5, 0.6) is 0 Å². The van der Waals surface area contributed by atoms with Gasteiger partial charge in [0.05, 0.1) is 11.0 Å². The van der Waals surface area contributed by atoms with Crippen LogP contribution in [-0.2, 0) is 14.8 Å². The number of sulfonamides is 1. The first-order chi connectivity index (χ1) is 12.9. The molecule has 0 radical (unpaired) electrons. The number of hydrogen-bond donors (Lipinski definition) is 3. The molecule has 154 valence electrons. The molecule has 1 aromatic carbocycles. The van der Waals surface area contributed by atoms with E-state index in [1.165, 1.54) is 0 Å². The van der Waals surface area contributed by atoms with Gasteiger partial charge in [-0.2, -0.15) is 0 Å². The van der Waals surface area contributed by atoms with E-state index >= 15 is 0 Å². The Morgan fingerprint density at radius 3 is 2.41 bits per heavy atom. The average molecular weight is 399 g/mol. The van der Waals surface area contributed by atoms with Crippen molar-refractivity contribution in [1.82, 2.24) is 15.4 Å². The number of rotatable bonds is 12. The van der Waals surface area contributed by atoms with Crippen LogP contribution in [0.3, 0.4) is 0 Å². The minimum absolute atomic E-state index is 0.194. The average Bonchev–Trinajstić information content (AvgIpc) is 2.65. The van der Waals surface area contributed by atoms with Crippen LogP contribution in [0.1, 0.15) is 34.1 Å². The summed E-state index contributed by atoms with van der Waals surface area (Å²) >= 11 is 0. The largest absolute Gasteiger partial charge is 0.378 e. The van der Waals surface area contributed by atoms with Gasteiger partial charge in [-0.3, -0.25) is 4.99 Å². The van der Waals surface area contributed by atoms with Crippen molar-refractivity contribution in [1.29, 1.82) is 0 Å². The van der Waals surface area contributed by atoms with Crippen molar-refractivity contribution in [3.63, 3.8) is 0 Å². The number of guanidine groups is 1. The molecule has 0 saturated heterocycles. The van der Waals surface area contributed by atoms with E-state index in [0.29, 0.717) is 31.6 Å². The van der Waals surface area contributed by atoms with E-state index in [2.05, 4.69) is 34.2 Å². The lowest BCUT2D eigenvalue weighted by Gasteiger charge is -2.20. The number of benzene rings is 1. The third-order valence-corrected chi connectivity index (χ3v) is 5.39. The van der Waals surface area contributed by atoms with E-state index in [-0.39, 0.29) is 17.5 Å². The Kier molecular flexibility index (Phi) is 11.0. The molecule has 0 amide bonds. The zero-order chi connectivity index (χ0) is 20.1. The standard InChI is InChI=1S/C19H34N4O3S/c1-5-20-19(21-13-12-18(16(3)4)26-6-2)22-14-15-23-27(24,25)17-10-8-7-9-11-17/h7-11,16,18,23H,5-6,12-15H2,1-4H3,(H2,20,21,22). The normalized spacial score (nSPS) is 13.6. The van der Waals surface area contributed by atoms with Gasteiger partial charge in [-0.15, -0.1) is 0 Å². The molecule has 0 aliphatic heterocycles.